The maximum absolute atomic E-state index is 9.14. The van der Waals surface area contributed by atoms with Crippen LogP contribution in [0.2, 0.25) is 0 Å². The first-order valence-electron chi connectivity index (χ1n) is 5.62. The Morgan fingerprint density at radius 2 is 1.73 bits per heavy atom. The summed E-state index contributed by atoms with van der Waals surface area (Å²) < 4.78 is 0. The molecule has 0 fully saturated rings. The van der Waals surface area contributed by atoms with Crippen molar-refractivity contribution in [1.82, 2.24) is 5.32 Å². The molecular formula is C13H21NO. The Hall–Kier alpha value is -1.02. The molecule has 0 aliphatic heterocycles. The first-order valence-corrected chi connectivity index (χ1v) is 5.62. The van der Waals surface area contributed by atoms with Crippen LogP contribution in [0.25, 0.3) is 0 Å². The quantitative estimate of drug-likeness (QED) is 0.778. The van der Waals surface area contributed by atoms with Crippen LogP contribution in [-0.4, -0.2) is 17.2 Å². The molecule has 1 rings (SSSR count). The highest BCUT2D eigenvalue weighted by atomic mass is 16.3. The maximum Gasteiger partial charge on any atom is 0.115 e. The Morgan fingerprint density at radius 3 is 2.27 bits per heavy atom. The van der Waals surface area contributed by atoms with Crippen LogP contribution >= 0.6 is 0 Å². The second-order valence-electron chi connectivity index (χ2n) is 4.43. The summed E-state index contributed by atoms with van der Waals surface area (Å²) in [5, 5.41) is 12.6. The summed E-state index contributed by atoms with van der Waals surface area (Å²) in [6, 6.07) is 8.54. The molecule has 0 saturated heterocycles. The van der Waals surface area contributed by atoms with E-state index < -0.39 is 0 Å². The van der Waals surface area contributed by atoms with Crippen molar-refractivity contribution < 1.29 is 5.11 Å². The molecule has 0 aliphatic rings. The molecule has 1 aromatic carbocycles. The molecule has 1 unspecified atom stereocenters. The van der Waals surface area contributed by atoms with Crippen molar-refractivity contribution in [2.75, 3.05) is 0 Å². The highest BCUT2D eigenvalue weighted by molar-refractivity contribution is 5.25. The molecule has 1 atom stereocenters. The van der Waals surface area contributed by atoms with Crippen LogP contribution in [-0.2, 0) is 6.42 Å². The van der Waals surface area contributed by atoms with Crippen molar-refractivity contribution >= 4 is 0 Å². The first kappa shape index (κ1) is 12.1. The Kier molecular flexibility index (Phi) is 4.63. The molecular weight excluding hydrogens is 186 g/mol. The van der Waals surface area contributed by atoms with Gasteiger partial charge in [0, 0.05) is 12.1 Å². The summed E-state index contributed by atoms with van der Waals surface area (Å²) in [7, 11) is 0. The topological polar surface area (TPSA) is 32.3 Å². The zero-order valence-electron chi connectivity index (χ0n) is 9.83. The van der Waals surface area contributed by atoms with Gasteiger partial charge in [-0.25, -0.2) is 0 Å². The smallest absolute Gasteiger partial charge is 0.115 e. The fourth-order valence-electron chi connectivity index (χ4n) is 1.70. The highest BCUT2D eigenvalue weighted by Crippen LogP contribution is 2.11. The molecule has 0 bridgehead atoms. The van der Waals surface area contributed by atoms with Gasteiger partial charge in [0.1, 0.15) is 5.75 Å². The minimum absolute atomic E-state index is 0.340. The Bertz CT molecular complexity index is 279. The SMILES string of the molecule is CC(C)NC(C)CCc1ccc(O)cc1. The lowest BCUT2D eigenvalue weighted by atomic mass is 10.1. The number of aromatic hydroxyl groups is 1. The van der Waals surface area contributed by atoms with Crippen LogP contribution in [0.4, 0.5) is 0 Å². The normalized spacial score (nSPS) is 13.1. The summed E-state index contributed by atoms with van der Waals surface area (Å²) in [6.07, 6.45) is 2.18. The van der Waals surface area contributed by atoms with Crippen LogP contribution in [0.1, 0.15) is 32.8 Å². The van der Waals surface area contributed by atoms with E-state index in [-0.39, 0.29) is 0 Å². The second-order valence-corrected chi connectivity index (χ2v) is 4.43. The molecule has 84 valence electrons. The minimum atomic E-state index is 0.340. The van der Waals surface area contributed by atoms with Gasteiger partial charge >= 0.3 is 0 Å². The van der Waals surface area contributed by atoms with E-state index in [1.54, 1.807) is 12.1 Å². The molecule has 0 aromatic heterocycles. The van der Waals surface area contributed by atoms with Gasteiger partial charge in [-0.1, -0.05) is 26.0 Å². The van der Waals surface area contributed by atoms with E-state index >= 15 is 0 Å². The molecule has 1 aromatic rings. The molecule has 2 N–H and O–H groups in total. The van der Waals surface area contributed by atoms with Crippen LogP contribution in [0.3, 0.4) is 0 Å². The predicted molar refractivity (Wildman–Crippen MR) is 64.2 cm³/mol. The zero-order chi connectivity index (χ0) is 11.3. The molecule has 0 aliphatic carbocycles. The Balaban J connectivity index is 2.33. The third-order valence-electron chi connectivity index (χ3n) is 2.42. The maximum atomic E-state index is 9.14. The summed E-state index contributed by atoms with van der Waals surface area (Å²) in [4.78, 5) is 0. The molecule has 0 saturated carbocycles. The number of phenols is 1. The summed E-state index contributed by atoms with van der Waals surface area (Å²) >= 11 is 0. The van der Waals surface area contributed by atoms with Gasteiger partial charge in [-0.3, -0.25) is 0 Å². The van der Waals surface area contributed by atoms with E-state index in [1.807, 2.05) is 12.1 Å². The number of nitrogens with one attached hydrogen (secondary N) is 1. The number of hydrogen-bond acceptors (Lipinski definition) is 2. The summed E-state index contributed by atoms with van der Waals surface area (Å²) in [6.45, 7) is 6.54. The van der Waals surface area contributed by atoms with E-state index in [1.165, 1.54) is 5.56 Å². The highest BCUT2D eigenvalue weighted by Gasteiger charge is 2.03. The first-order chi connectivity index (χ1) is 7.08. The lowest BCUT2D eigenvalue weighted by Crippen LogP contribution is -2.32. The van der Waals surface area contributed by atoms with Gasteiger partial charge < -0.3 is 10.4 Å². The standard InChI is InChI=1S/C13H21NO/c1-10(2)14-11(3)4-5-12-6-8-13(15)9-7-12/h6-11,14-15H,4-5H2,1-3H3. The van der Waals surface area contributed by atoms with Gasteiger partial charge in [-0.05, 0) is 37.5 Å². The fourth-order valence-corrected chi connectivity index (χ4v) is 1.70. The molecule has 15 heavy (non-hydrogen) atoms. The third-order valence-corrected chi connectivity index (χ3v) is 2.42. The van der Waals surface area contributed by atoms with Crippen molar-refractivity contribution in [3.8, 4) is 5.75 Å². The fraction of sp³-hybridized carbons (Fsp3) is 0.538. The lowest BCUT2D eigenvalue weighted by molar-refractivity contribution is 0.464. The molecule has 0 heterocycles. The van der Waals surface area contributed by atoms with Crippen LogP contribution in [0.15, 0.2) is 24.3 Å². The van der Waals surface area contributed by atoms with E-state index in [0.29, 0.717) is 17.8 Å². The van der Waals surface area contributed by atoms with E-state index in [4.69, 9.17) is 5.11 Å². The number of hydrogen-bond donors (Lipinski definition) is 2. The zero-order valence-corrected chi connectivity index (χ0v) is 9.83. The predicted octanol–water partition coefficient (Wildman–Crippen LogP) is 2.71. The largest absolute Gasteiger partial charge is 0.508 e. The lowest BCUT2D eigenvalue weighted by Gasteiger charge is -2.16. The Labute approximate surface area is 92.3 Å². The van der Waals surface area contributed by atoms with Gasteiger partial charge in [-0.15, -0.1) is 0 Å². The third kappa shape index (κ3) is 4.84. The minimum Gasteiger partial charge on any atom is -0.508 e. The monoisotopic (exact) mass is 207 g/mol. The van der Waals surface area contributed by atoms with Gasteiger partial charge in [-0.2, -0.15) is 0 Å². The van der Waals surface area contributed by atoms with Crippen LogP contribution in [0.5, 0.6) is 5.75 Å². The van der Waals surface area contributed by atoms with E-state index in [2.05, 4.69) is 26.1 Å². The number of phenolic OH excluding ortho intramolecular Hbond substituents is 1. The van der Waals surface area contributed by atoms with Gasteiger partial charge in [0.05, 0.1) is 0 Å². The molecule has 2 heteroatoms. The van der Waals surface area contributed by atoms with Crippen molar-refractivity contribution in [2.45, 2.75) is 45.7 Å². The van der Waals surface area contributed by atoms with Crippen molar-refractivity contribution in [1.29, 1.82) is 0 Å². The average Bonchev–Trinajstić information content (AvgIpc) is 2.16. The second kappa shape index (κ2) is 5.76. The summed E-state index contributed by atoms with van der Waals surface area (Å²) in [5.74, 6) is 0.340. The molecule has 0 radical (unpaired) electrons. The van der Waals surface area contributed by atoms with Crippen molar-refractivity contribution in [2.24, 2.45) is 0 Å². The van der Waals surface area contributed by atoms with Crippen LogP contribution < -0.4 is 5.32 Å². The number of rotatable bonds is 5. The van der Waals surface area contributed by atoms with Gasteiger partial charge in [0.15, 0.2) is 0 Å². The van der Waals surface area contributed by atoms with E-state index in [0.717, 1.165) is 12.8 Å². The Morgan fingerprint density at radius 1 is 1.13 bits per heavy atom. The number of benzene rings is 1. The van der Waals surface area contributed by atoms with Crippen molar-refractivity contribution in [3.63, 3.8) is 0 Å². The van der Waals surface area contributed by atoms with Crippen molar-refractivity contribution in [3.05, 3.63) is 29.8 Å². The van der Waals surface area contributed by atoms with Gasteiger partial charge in [0.25, 0.3) is 0 Å². The average molecular weight is 207 g/mol. The van der Waals surface area contributed by atoms with Crippen LogP contribution in [0, 0.1) is 0 Å². The van der Waals surface area contributed by atoms with Gasteiger partial charge in [0.2, 0.25) is 0 Å². The van der Waals surface area contributed by atoms with E-state index in [9.17, 15) is 0 Å². The molecule has 0 amide bonds. The summed E-state index contributed by atoms with van der Waals surface area (Å²) in [5.41, 5.74) is 1.28. The molecule has 2 nitrogen and oxygen atoms in total. The number of aryl methyl sites for hydroxylation is 1. The molecule has 0 spiro atoms.